The zero-order valence-corrected chi connectivity index (χ0v) is 11.7. The van der Waals surface area contributed by atoms with Crippen molar-refractivity contribution in [1.29, 1.82) is 0 Å². The van der Waals surface area contributed by atoms with E-state index in [1.165, 1.54) is 0 Å². The lowest BCUT2D eigenvalue weighted by molar-refractivity contribution is -0.131. The Morgan fingerprint density at radius 2 is 2.28 bits per heavy atom. The number of carbonyl (C=O) groups is 1. The molecule has 0 spiro atoms. The Labute approximate surface area is 114 Å². The van der Waals surface area contributed by atoms with Gasteiger partial charge in [-0.25, -0.2) is 0 Å². The molecule has 0 bridgehead atoms. The highest BCUT2D eigenvalue weighted by molar-refractivity contribution is 7.80. The fraction of sp³-hybridized carbons (Fsp3) is 0.571. The molecule has 1 aliphatic carbocycles. The van der Waals surface area contributed by atoms with Crippen LogP contribution in [0.4, 0.5) is 0 Å². The number of thiol groups is 1. The fourth-order valence-electron chi connectivity index (χ4n) is 1.98. The van der Waals surface area contributed by atoms with Gasteiger partial charge in [0.05, 0.1) is 0 Å². The summed E-state index contributed by atoms with van der Waals surface area (Å²) in [6.07, 6.45) is 5.55. The van der Waals surface area contributed by atoms with Crippen LogP contribution in [-0.4, -0.2) is 35.1 Å². The molecule has 1 saturated carbocycles. The predicted molar refractivity (Wildman–Crippen MR) is 75.7 cm³/mol. The van der Waals surface area contributed by atoms with E-state index in [4.69, 9.17) is 0 Å². The summed E-state index contributed by atoms with van der Waals surface area (Å²) in [5.74, 6) is 1.06. The largest absolute Gasteiger partial charge is 0.345 e. The van der Waals surface area contributed by atoms with E-state index in [0.29, 0.717) is 6.42 Å². The molecule has 0 atom stereocenters. The Bertz CT molecular complexity index is 404. The molecule has 0 aromatic carbocycles. The molecule has 3 nitrogen and oxygen atoms in total. The average molecular weight is 264 g/mol. The number of hydrogen-bond donors (Lipinski definition) is 1. The number of likely N-dealkylation sites (N-methyl/N-ethyl adjacent to an activating group) is 1. The van der Waals surface area contributed by atoms with Gasteiger partial charge in [0.1, 0.15) is 0 Å². The highest BCUT2D eigenvalue weighted by Gasteiger charge is 2.43. The molecule has 1 aliphatic rings. The van der Waals surface area contributed by atoms with Gasteiger partial charge < -0.3 is 4.90 Å². The van der Waals surface area contributed by atoms with Crippen molar-refractivity contribution in [2.45, 2.75) is 25.7 Å². The van der Waals surface area contributed by atoms with Gasteiger partial charge in [-0.15, -0.1) is 0 Å². The summed E-state index contributed by atoms with van der Waals surface area (Å²) in [7, 11) is 1.87. The molecule has 0 N–H and O–H groups in total. The lowest BCUT2D eigenvalue weighted by Crippen LogP contribution is -2.31. The first kappa shape index (κ1) is 13.4. The highest BCUT2D eigenvalue weighted by atomic mass is 32.1. The van der Waals surface area contributed by atoms with E-state index < -0.39 is 0 Å². The smallest absolute Gasteiger partial charge is 0.222 e. The average Bonchev–Trinajstić information content (AvgIpc) is 3.17. The number of aromatic nitrogens is 1. The van der Waals surface area contributed by atoms with Crippen molar-refractivity contribution in [3.05, 3.63) is 30.1 Å². The first-order valence-electron chi connectivity index (χ1n) is 6.40. The second kappa shape index (κ2) is 5.74. The number of nitrogens with zero attached hydrogens (tertiary/aromatic N) is 2. The number of carbonyl (C=O) groups excluding carboxylic acids is 1. The molecule has 98 valence electrons. The quantitative estimate of drug-likeness (QED) is 0.799. The van der Waals surface area contributed by atoms with Crippen molar-refractivity contribution < 1.29 is 4.79 Å². The van der Waals surface area contributed by atoms with E-state index in [0.717, 1.165) is 37.3 Å². The van der Waals surface area contributed by atoms with Gasteiger partial charge >= 0.3 is 0 Å². The molecule has 4 heteroatoms. The van der Waals surface area contributed by atoms with E-state index >= 15 is 0 Å². The lowest BCUT2D eigenvalue weighted by Gasteiger charge is -2.20. The van der Waals surface area contributed by atoms with Gasteiger partial charge in [-0.3, -0.25) is 9.78 Å². The van der Waals surface area contributed by atoms with Crippen LogP contribution in [0.2, 0.25) is 0 Å². The molecule has 1 amide bonds. The summed E-state index contributed by atoms with van der Waals surface area (Å²) in [6.45, 7) is 0.735. The number of amides is 1. The lowest BCUT2D eigenvalue weighted by atomic mass is 10.0. The summed E-state index contributed by atoms with van der Waals surface area (Å²) in [4.78, 5) is 18.1. The summed E-state index contributed by atoms with van der Waals surface area (Å²) >= 11 is 4.34. The Hall–Kier alpha value is -1.03. The van der Waals surface area contributed by atoms with Gasteiger partial charge in [0.15, 0.2) is 0 Å². The molecule has 1 aromatic rings. The van der Waals surface area contributed by atoms with Gasteiger partial charge in [0, 0.05) is 38.3 Å². The van der Waals surface area contributed by atoms with Gasteiger partial charge in [-0.1, -0.05) is 6.07 Å². The van der Waals surface area contributed by atoms with Crippen LogP contribution in [0.25, 0.3) is 0 Å². The standard InChI is InChI=1S/C14H20N2OS/c1-16(9-5-12-4-2-3-8-15-12)13(17)10-14(11-18)6-7-14/h2-4,8,18H,5-7,9-11H2,1H3. The third kappa shape index (κ3) is 3.48. The molecule has 1 fully saturated rings. The minimum absolute atomic E-state index is 0.208. The monoisotopic (exact) mass is 264 g/mol. The maximum atomic E-state index is 12.1. The zero-order chi connectivity index (χ0) is 13.0. The molecule has 0 saturated heterocycles. The number of hydrogen-bond acceptors (Lipinski definition) is 3. The van der Waals surface area contributed by atoms with Crippen molar-refractivity contribution >= 4 is 18.5 Å². The molecule has 0 radical (unpaired) electrons. The van der Waals surface area contributed by atoms with Crippen LogP contribution in [0.3, 0.4) is 0 Å². The van der Waals surface area contributed by atoms with Crippen molar-refractivity contribution in [2.75, 3.05) is 19.3 Å². The Morgan fingerprint density at radius 3 is 2.83 bits per heavy atom. The van der Waals surface area contributed by atoms with Crippen LogP contribution in [0.5, 0.6) is 0 Å². The molecular weight excluding hydrogens is 244 g/mol. The van der Waals surface area contributed by atoms with Crippen molar-refractivity contribution in [2.24, 2.45) is 5.41 Å². The maximum Gasteiger partial charge on any atom is 0.222 e. The fourth-order valence-corrected chi connectivity index (χ4v) is 2.40. The molecule has 0 aliphatic heterocycles. The van der Waals surface area contributed by atoms with E-state index in [2.05, 4.69) is 17.6 Å². The van der Waals surface area contributed by atoms with Crippen LogP contribution < -0.4 is 0 Å². The maximum absolute atomic E-state index is 12.1. The summed E-state index contributed by atoms with van der Waals surface area (Å²) in [5, 5.41) is 0. The Balaban J connectivity index is 1.77. The van der Waals surface area contributed by atoms with E-state index in [9.17, 15) is 4.79 Å². The second-order valence-corrected chi connectivity index (χ2v) is 5.54. The number of rotatable bonds is 6. The van der Waals surface area contributed by atoms with Gasteiger partial charge in [0.25, 0.3) is 0 Å². The van der Waals surface area contributed by atoms with Crippen LogP contribution in [0.1, 0.15) is 25.0 Å². The summed E-state index contributed by atoms with van der Waals surface area (Å²) < 4.78 is 0. The van der Waals surface area contributed by atoms with E-state index in [1.807, 2.05) is 30.1 Å². The normalized spacial score (nSPS) is 16.3. The Morgan fingerprint density at radius 1 is 1.50 bits per heavy atom. The van der Waals surface area contributed by atoms with Gasteiger partial charge in [-0.05, 0) is 36.1 Å². The molecule has 2 rings (SSSR count). The van der Waals surface area contributed by atoms with Crippen LogP contribution in [-0.2, 0) is 11.2 Å². The van der Waals surface area contributed by atoms with Crippen LogP contribution >= 0.6 is 12.6 Å². The molecule has 0 unspecified atom stereocenters. The van der Waals surface area contributed by atoms with Crippen molar-refractivity contribution in [1.82, 2.24) is 9.88 Å². The number of pyridine rings is 1. The summed E-state index contributed by atoms with van der Waals surface area (Å²) in [6, 6.07) is 5.88. The van der Waals surface area contributed by atoms with Gasteiger partial charge in [0.2, 0.25) is 5.91 Å². The first-order chi connectivity index (χ1) is 8.65. The molecular formula is C14H20N2OS. The molecule has 18 heavy (non-hydrogen) atoms. The minimum Gasteiger partial charge on any atom is -0.345 e. The Kier molecular flexibility index (Phi) is 4.27. The predicted octanol–water partition coefficient (Wildman–Crippen LogP) is 2.18. The molecule has 1 aromatic heterocycles. The van der Waals surface area contributed by atoms with Crippen molar-refractivity contribution in [3.63, 3.8) is 0 Å². The van der Waals surface area contributed by atoms with Crippen molar-refractivity contribution in [3.8, 4) is 0 Å². The van der Waals surface area contributed by atoms with Crippen LogP contribution in [0, 0.1) is 5.41 Å². The topological polar surface area (TPSA) is 33.2 Å². The van der Waals surface area contributed by atoms with E-state index in [-0.39, 0.29) is 11.3 Å². The highest BCUT2D eigenvalue weighted by Crippen LogP contribution is 2.49. The van der Waals surface area contributed by atoms with E-state index in [1.54, 1.807) is 6.20 Å². The third-order valence-electron chi connectivity index (χ3n) is 3.67. The zero-order valence-electron chi connectivity index (χ0n) is 10.8. The summed E-state index contributed by atoms with van der Waals surface area (Å²) in [5.41, 5.74) is 1.24. The SMILES string of the molecule is CN(CCc1ccccn1)C(=O)CC1(CS)CC1. The molecule has 1 heterocycles. The third-order valence-corrected chi connectivity index (χ3v) is 4.34. The second-order valence-electron chi connectivity index (χ2n) is 5.22. The van der Waals surface area contributed by atoms with Gasteiger partial charge in [-0.2, -0.15) is 12.6 Å². The minimum atomic E-state index is 0.208. The van der Waals surface area contributed by atoms with Crippen LogP contribution in [0.15, 0.2) is 24.4 Å². The first-order valence-corrected chi connectivity index (χ1v) is 7.03.